The van der Waals surface area contributed by atoms with Gasteiger partial charge in [0, 0.05) is 38.3 Å². The summed E-state index contributed by atoms with van der Waals surface area (Å²) in [5.41, 5.74) is 7.84. The molecule has 2 fully saturated rings. The average molecular weight is 406 g/mol. The molecule has 9 heteroatoms. The van der Waals surface area contributed by atoms with Crippen molar-refractivity contribution in [3.63, 3.8) is 0 Å². The van der Waals surface area contributed by atoms with E-state index in [0.29, 0.717) is 28.6 Å². The van der Waals surface area contributed by atoms with Gasteiger partial charge in [0.25, 0.3) is 5.56 Å². The summed E-state index contributed by atoms with van der Waals surface area (Å²) in [7, 11) is 0. The summed E-state index contributed by atoms with van der Waals surface area (Å²) < 4.78 is 1.78. The minimum atomic E-state index is -0.0445. The quantitative estimate of drug-likeness (QED) is 0.603. The van der Waals surface area contributed by atoms with Gasteiger partial charge in [-0.05, 0) is 31.0 Å². The highest BCUT2D eigenvalue weighted by molar-refractivity contribution is 5.86. The molecule has 0 radical (unpaired) electrons. The smallest absolute Gasteiger partial charge is 0.252 e. The fraction of sp³-hybridized carbons (Fsp3) is 0.429. The lowest BCUT2D eigenvalue weighted by Gasteiger charge is -2.29. The molecule has 0 unspecified atom stereocenters. The van der Waals surface area contributed by atoms with Gasteiger partial charge in [-0.15, -0.1) is 0 Å². The molecule has 0 spiro atoms. The zero-order valence-electron chi connectivity index (χ0n) is 16.8. The Morgan fingerprint density at radius 1 is 1.07 bits per heavy atom. The molecule has 3 aromatic rings. The van der Waals surface area contributed by atoms with Gasteiger partial charge in [0.1, 0.15) is 11.6 Å². The van der Waals surface area contributed by atoms with Gasteiger partial charge in [-0.2, -0.15) is 9.97 Å². The molecule has 1 saturated carbocycles. The van der Waals surface area contributed by atoms with E-state index >= 15 is 0 Å². The molecule has 0 aromatic carbocycles. The first-order valence-corrected chi connectivity index (χ1v) is 10.6. The highest BCUT2D eigenvalue weighted by Crippen LogP contribution is 2.31. The summed E-state index contributed by atoms with van der Waals surface area (Å²) in [6.45, 7) is 3.90. The second-order valence-corrected chi connectivity index (χ2v) is 7.91. The maximum atomic E-state index is 12.6. The van der Waals surface area contributed by atoms with Crippen molar-refractivity contribution in [3.05, 3.63) is 40.8 Å². The highest BCUT2D eigenvalue weighted by Gasteiger charge is 2.21. The van der Waals surface area contributed by atoms with E-state index in [2.05, 4.69) is 30.5 Å². The van der Waals surface area contributed by atoms with E-state index in [4.69, 9.17) is 5.73 Å². The third-order valence-corrected chi connectivity index (χ3v) is 5.97. The molecule has 0 atom stereocenters. The van der Waals surface area contributed by atoms with E-state index in [1.54, 1.807) is 16.7 Å². The number of nitrogens with one attached hydrogen (secondary N) is 2. The van der Waals surface area contributed by atoms with Gasteiger partial charge < -0.3 is 21.3 Å². The highest BCUT2D eigenvalue weighted by atomic mass is 16.1. The Bertz CT molecular complexity index is 1100. The molecule has 1 aliphatic carbocycles. The van der Waals surface area contributed by atoms with Gasteiger partial charge >= 0.3 is 0 Å². The van der Waals surface area contributed by atoms with Crippen LogP contribution in [0.3, 0.4) is 0 Å². The zero-order valence-corrected chi connectivity index (χ0v) is 16.8. The number of aromatic nitrogens is 4. The van der Waals surface area contributed by atoms with Crippen LogP contribution >= 0.6 is 0 Å². The second kappa shape index (κ2) is 7.91. The van der Waals surface area contributed by atoms with E-state index in [0.717, 1.165) is 57.5 Å². The van der Waals surface area contributed by atoms with Crippen molar-refractivity contribution in [2.24, 2.45) is 0 Å². The van der Waals surface area contributed by atoms with Crippen LogP contribution in [0.2, 0.25) is 0 Å². The summed E-state index contributed by atoms with van der Waals surface area (Å²) in [6, 6.07) is 7.39. The van der Waals surface area contributed by atoms with Gasteiger partial charge in [0.05, 0.1) is 17.3 Å². The Morgan fingerprint density at radius 3 is 2.60 bits per heavy atom. The number of nitrogen functional groups attached to an aromatic ring is 1. The van der Waals surface area contributed by atoms with Crippen LogP contribution in [0.5, 0.6) is 0 Å². The number of hydrogen-bond acceptors (Lipinski definition) is 8. The van der Waals surface area contributed by atoms with Crippen molar-refractivity contribution >= 4 is 34.3 Å². The van der Waals surface area contributed by atoms with Crippen molar-refractivity contribution in [2.75, 3.05) is 42.1 Å². The van der Waals surface area contributed by atoms with Gasteiger partial charge in [0.15, 0.2) is 5.65 Å². The number of fused-ring (bicyclic) bond motifs is 1. The van der Waals surface area contributed by atoms with Gasteiger partial charge in [-0.25, -0.2) is 4.98 Å². The molecule has 1 aliphatic heterocycles. The summed E-state index contributed by atoms with van der Waals surface area (Å²) in [6.07, 6.45) is 6.08. The SMILES string of the molecule is Nc1nc(Nc2ccc(N3CCNCC3)cn2)nc2c1ccc(=O)n2C1CCCC1. The van der Waals surface area contributed by atoms with Crippen LogP contribution in [0.15, 0.2) is 35.3 Å². The number of anilines is 4. The molecule has 156 valence electrons. The van der Waals surface area contributed by atoms with E-state index in [-0.39, 0.29) is 11.6 Å². The number of piperazine rings is 1. The fourth-order valence-electron chi connectivity index (χ4n) is 4.41. The van der Waals surface area contributed by atoms with E-state index in [1.165, 1.54) is 0 Å². The summed E-state index contributed by atoms with van der Waals surface area (Å²) in [5.74, 6) is 1.34. The molecule has 9 nitrogen and oxygen atoms in total. The van der Waals surface area contributed by atoms with E-state index < -0.39 is 0 Å². The lowest BCUT2D eigenvalue weighted by molar-refractivity contribution is 0.516. The van der Waals surface area contributed by atoms with Crippen LogP contribution in [0.25, 0.3) is 11.0 Å². The lowest BCUT2D eigenvalue weighted by atomic mass is 10.2. The Morgan fingerprint density at radius 2 is 1.87 bits per heavy atom. The fourth-order valence-corrected chi connectivity index (χ4v) is 4.41. The maximum absolute atomic E-state index is 12.6. The van der Waals surface area contributed by atoms with Gasteiger partial charge in [-0.3, -0.25) is 9.36 Å². The molecule has 5 rings (SSSR count). The zero-order chi connectivity index (χ0) is 20.5. The number of hydrogen-bond donors (Lipinski definition) is 3. The number of rotatable bonds is 4. The average Bonchev–Trinajstić information content (AvgIpc) is 3.29. The Kier molecular flexibility index (Phi) is 4.96. The topological polar surface area (TPSA) is 114 Å². The molecule has 0 amide bonds. The first-order chi connectivity index (χ1) is 14.7. The molecule has 3 aromatic heterocycles. The summed E-state index contributed by atoms with van der Waals surface area (Å²) in [5, 5.41) is 7.20. The minimum Gasteiger partial charge on any atom is -0.383 e. The number of nitrogens with zero attached hydrogens (tertiary/aromatic N) is 5. The van der Waals surface area contributed by atoms with Gasteiger partial charge in [0.2, 0.25) is 5.95 Å². The number of pyridine rings is 2. The van der Waals surface area contributed by atoms with Crippen LogP contribution in [0.1, 0.15) is 31.7 Å². The minimum absolute atomic E-state index is 0.0445. The molecule has 2 aliphatic rings. The van der Waals surface area contributed by atoms with Crippen LogP contribution in [-0.4, -0.2) is 45.7 Å². The molecule has 4 heterocycles. The molecular formula is C21H26N8O. The predicted molar refractivity (Wildman–Crippen MR) is 118 cm³/mol. The normalized spacial score (nSPS) is 17.5. The second-order valence-electron chi connectivity index (χ2n) is 7.91. The first kappa shape index (κ1) is 18.8. The molecule has 1 saturated heterocycles. The van der Waals surface area contributed by atoms with Crippen molar-refractivity contribution in [3.8, 4) is 0 Å². The predicted octanol–water partition coefficient (Wildman–Crippen LogP) is 2.04. The largest absolute Gasteiger partial charge is 0.383 e. The Labute approximate surface area is 174 Å². The number of nitrogens with two attached hydrogens (primary N) is 1. The van der Waals surface area contributed by atoms with Crippen molar-refractivity contribution in [1.29, 1.82) is 0 Å². The van der Waals surface area contributed by atoms with Crippen molar-refractivity contribution in [1.82, 2.24) is 24.8 Å². The lowest BCUT2D eigenvalue weighted by Crippen LogP contribution is -2.43. The van der Waals surface area contributed by atoms with Crippen LogP contribution < -0.4 is 26.8 Å². The van der Waals surface area contributed by atoms with E-state index in [1.807, 2.05) is 18.3 Å². The van der Waals surface area contributed by atoms with Crippen LogP contribution in [0, 0.1) is 0 Å². The monoisotopic (exact) mass is 406 g/mol. The Balaban J connectivity index is 1.46. The first-order valence-electron chi connectivity index (χ1n) is 10.6. The van der Waals surface area contributed by atoms with Crippen molar-refractivity contribution in [2.45, 2.75) is 31.7 Å². The molecule has 4 N–H and O–H groups in total. The van der Waals surface area contributed by atoms with Crippen LogP contribution in [-0.2, 0) is 0 Å². The Hall–Kier alpha value is -3.20. The standard InChI is InChI=1S/C21H26N8O/c22-19-16-6-8-18(30)29(14-3-1-2-4-14)20(16)27-21(26-19)25-17-7-5-15(13-24-17)28-11-9-23-10-12-28/h5-8,13-14,23H,1-4,9-12H2,(H3,22,24,25,26,27). The summed E-state index contributed by atoms with van der Waals surface area (Å²) in [4.78, 5) is 28.5. The van der Waals surface area contributed by atoms with E-state index in [9.17, 15) is 4.79 Å². The third kappa shape index (κ3) is 3.56. The summed E-state index contributed by atoms with van der Waals surface area (Å²) >= 11 is 0. The van der Waals surface area contributed by atoms with Gasteiger partial charge in [-0.1, -0.05) is 12.8 Å². The molecule has 0 bridgehead atoms. The van der Waals surface area contributed by atoms with Crippen molar-refractivity contribution < 1.29 is 0 Å². The van der Waals surface area contributed by atoms with Crippen LogP contribution in [0.4, 0.5) is 23.3 Å². The molecular weight excluding hydrogens is 380 g/mol. The molecule has 30 heavy (non-hydrogen) atoms. The third-order valence-electron chi connectivity index (χ3n) is 5.97. The maximum Gasteiger partial charge on any atom is 0.252 e.